The number of primary amides is 1. The van der Waals surface area contributed by atoms with E-state index in [-0.39, 0.29) is 18.9 Å². The summed E-state index contributed by atoms with van der Waals surface area (Å²) >= 11 is 0. The highest BCUT2D eigenvalue weighted by atomic mass is 16.5. The molecule has 5 nitrogen and oxygen atoms in total. The summed E-state index contributed by atoms with van der Waals surface area (Å²) in [4.78, 5) is 25.8. The van der Waals surface area contributed by atoms with Crippen molar-refractivity contribution in [3.05, 3.63) is 65.7 Å². The third-order valence-corrected chi connectivity index (χ3v) is 3.80. The van der Waals surface area contributed by atoms with Gasteiger partial charge < -0.3 is 15.4 Å². The lowest BCUT2D eigenvalue weighted by Gasteiger charge is -2.23. The van der Waals surface area contributed by atoms with Crippen LogP contribution >= 0.6 is 0 Å². The van der Waals surface area contributed by atoms with Crippen LogP contribution in [0.5, 0.6) is 5.75 Å². The van der Waals surface area contributed by atoms with Crippen LogP contribution < -0.4 is 10.5 Å². The summed E-state index contributed by atoms with van der Waals surface area (Å²) in [5, 5.41) is 0. The monoisotopic (exact) mass is 354 g/mol. The number of carbonyl (C=O) groups excluding carboxylic acids is 2. The second kappa shape index (κ2) is 9.61. The molecule has 26 heavy (non-hydrogen) atoms. The van der Waals surface area contributed by atoms with Crippen LogP contribution in [0.3, 0.4) is 0 Å². The van der Waals surface area contributed by atoms with E-state index in [1.165, 1.54) is 0 Å². The number of nitrogens with two attached hydrogens (primary N) is 1. The van der Waals surface area contributed by atoms with Gasteiger partial charge in [-0.25, -0.2) is 0 Å². The summed E-state index contributed by atoms with van der Waals surface area (Å²) in [6.45, 7) is 5.43. The maximum absolute atomic E-state index is 13.0. The van der Waals surface area contributed by atoms with Gasteiger partial charge in [-0.1, -0.05) is 50.2 Å². The summed E-state index contributed by atoms with van der Waals surface area (Å²) in [6.07, 6.45) is 0.127. The molecular formula is C21H26N2O3. The van der Waals surface area contributed by atoms with Crippen LogP contribution in [0.2, 0.25) is 0 Å². The fourth-order valence-electron chi connectivity index (χ4n) is 2.47. The molecule has 2 N–H and O–H groups in total. The van der Waals surface area contributed by atoms with Crippen LogP contribution in [-0.2, 0) is 11.3 Å². The van der Waals surface area contributed by atoms with Crippen molar-refractivity contribution in [3.8, 4) is 5.75 Å². The van der Waals surface area contributed by atoms with E-state index in [0.717, 1.165) is 5.56 Å². The van der Waals surface area contributed by atoms with Crippen molar-refractivity contribution in [2.24, 2.45) is 11.7 Å². The molecule has 0 saturated heterocycles. The first-order valence-corrected chi connectivity index (χ1v) is 8.80. The molecule has 0 radical (unpaired) electrons. The Labute approximate surface area is 154 Å². The predicted octanol–water partition coefficient (Wildman–Crippen LogP) is 3.24. The first-order chi connectivity index (χ1) is 12.5. The topological polar surface area (TPSA) is 72.6 Å². The SMILES string of the molecule is CC(C)COc1cccc(C(=O)N(CCC(N)=O)Cc2ccccc2)c1. The molecule has 0 heterocycles. The lowest BCUT2D eigenvalue weighted by Crippen LogP contribution is -2.33. The highest BCUT2D eigenvalue weighted by molar-refractivity contribution is 5.94. The van der Waals surface area contributed by atoms with E-state index >= 15 is 0 Å². The minimum Gasteiger partial charge on any atom is -0.493 e. The molecule has 0 aliphatic heterocycles. The van der Waals surface area contributed by atoms with Crippen molar-refractivity contribution in [1.82, 2.24) is 4.90 Å². The molecule has 0 unspecified atom stereocenters. The van der Waals surface area contributed by atoms with E-state index in [9.17, 15) is 9.59 Å². The van der Waals surface area contributed by atoms with Gasteiger partial charge in [0.1, 0.15) is 5.75 Å². The van der Waals surface area contributed by atoms with Crippen LogP contribution in [-0.4, -0.2) is 29.9 Å². The second-order valence-electron chi connectivity index (χ2n) is 6.66. The molecule has 0 fully saturated rings. The molecule has 0 aromatic heterocycles. The van der Waals surface area contributed by atoms with Crippen molar-refractivity contribution in [3.63, 3.8) is 0 Å². The molecule has 5 heteroatoms. The minimum absolute atomic E-state index is 0.127. The molecule has 0 saturated carbocycles. The Hall–Kier alpha value is -2.82. The quantitative estimate of drug-likeness (QED) is 0.751. The van der Waals surface area contributed by atoms with Gasteiger partial charge in [-0.05, 0) is 29.7 Å². The van der Waals surface area contributed by atoms with Gasteiger partial charge in [0.05, 0.1) is 6.61 Å². The van der Waals surface area contributed by atoms with Crippen molar-refractivity contribution < 1.29 is 14.3 Å². The number of hydrogen-bond donors (Lipinski definition) is 1. The molecule has 138 valence electrons. The van der Waals surface area contributed by atoms with Crippen LogP contribution in [0.1, 0.15) is 36.2 Å². The molecule has 2 rings (SSSR count). The zero-order chi connectivity index (χ0) is 18.9. The summed E-state index contributed by atoms with van der Waals surface area (Å²) < 4.78 is 5.71. The normalized spacial score (nSPS) is 10.6. The highest BCUT2D eigenvalue weighted by Crippen LogP contribution is 2.17. The van der Waals surface area contributed by atoms with E-state index in [1.807, 2.05) is 36.4 Å². The number of hydrogen-bond acceptors (Lipinski definition) is 3. The average Bonchev–Trinajstić information content (AvgIpc) is 2.64. The van der Waals surface area contributed by atoms with Crippen LogP contribution in [0.15, 0.2) is 54.6 Å². The Bertz CT molecular complexity index is 729. The molecule has 2 aromatic rings. The van der Waals surface area contributed by atoms with Crippen LogP contribution in [0, 0.1) is 5.92 Å². The summed E-state index contributed by atoms with van der Waals surface area (Å²) in [5.74, 6) is 0.494. The number of benzene rings is 2. The predicted molar refractivity (Wildman–Crippen MR) is 102 cm³/mol. The molecule has 2 amide bonds. The number of ether oxygens (including phenoxy) is 1. The number of amides is 2. The van der Waals surface area contributed by atoms with Gasteiger partial charge in [0.15, 0.2) is 0 Å². The summed E-state index contributed by atoms with van der Waals surface area (Å²) in [6, 6.07) is 16.8. The zero-order valence-corrected chi connectivity index (χ0v) is 15.4. The van der Waals surface area contributed by atoms with Gasteiger partial charge in [0, 0.05) is 25.1 Å². The third-order valence-electron chi connectivity index (χ3n) is 3.80. The van der Waals surface area contributed by atoms with E-state index in [2.05, 4.69) is 13.8 Å². The molecule has 2 aromatic carbocycles. The molecule has 0 atom stereocenters. The van der Waals surface area contributed by atoms with Gasteiger partial charge in [0.25, 0.3) is 5.91 Å². The zero-order valence-electron chi connectivity index (χ0n) is 15.4. The number of rotatable bonds is 9. The minimum atomic E-state index is -0.426. The summed E-state index contributed by atoms with van der Waals surface area (Å²) in [5.41, 5.74) is 6.80. The van der Waals surface area contributed by atoms with Crippen molar-refractivity contribution in [2.45, 2.75) is 26.8 Å². The standard InChI is InChI=1S/C21H26N2O3/c1-16(2)15-26-19-10-6-9-18(13-19)21(25)23(12-11-20(22)24)14-17-7-4-3-5-8-17/h3-10,13,16H,11-12,14-15H2,1-2H3,(H2,22,24). The van der Waals surface area contributed by atoms with E-state index < -0.39 is 5.91 Å². The Kier molecular flexibility index (Phi) is 7.21. The fraction of sp³-hybridized carbons (Fsp3) is 0.333. The van der Waals surface area contributed by atoms with E-state index in [0.29, 0.717) is 30.4 Å². The molecule has 0 aliphatic rings. The first kappa shape index (κ1) is 19.5. The Morgan fingerprint density at radius 1 is 1.08 bits per heavy atom. The maximum Gasteiger partial charge on any atom is 0.254 e. The molecule has 0 spiro atoms. The number of carbonyl (C=O) groups is 2. The average molecular weight is 354 g/mol. The van der Waals surface area contributed by atoms with Gasteiger partial charge in [-0.15, -0.1) is 0 Å². The molecule has 0 bridgehead atoms. The fourth-order valence-corrected chi connectivity index (χ4v) is 2.47. The molecule has 0 aliphatic carbocycles. The van der Waals surface area contributed by atoms with E-state index in [4.69, 9.17) is 10.5 Å². The van der Waals surface area contributed by atoms with Crippen molar-refractivity contribution >= 4 is 11.8 Å². The van der Waals surface area contributed by atoms with Crippen molar-refractivity contribution in [1.29, 1.82) is 0 Å². The van der Waals surface area contributed by atoms with Gasteiger partial charge in [0.2, 0.25) is 5.91 Å². The van der Waals surface area contributed by atoms with Crippen LogP contribution in [0.25, 0.3) is 0 Å². The Morgan fingerprint density at radius 3 is 2.46 bits per heavy atom. The summed E-state index contributed by atoms with van der Waals surface area (Å²) in [7, 11) is 0. The second-order valence-corrected chi connectivity index (χ2v) is 6.66. The van der Waals surface area contributed by atoms with E-state index in [1.54, 1.807) is 23.1 Å². The largest absolute Gasteiger partial charge is 0.493 e. The number of nitrogens with zero attached hydrogens (tertiary/aromatic N) is 1. The Balaban J connectivity index is 2.16. The van der Waals surface area contributed by atoms with Gasteiger partial charge in [-0.2, -0.15) is 0 Å². The highest BCUT2D eigenvalue weighted by Gasteiger charge is 2.17. The maximum atomic E-state index is 13.0. The van der Waals surface area contributed by atoms with Gasteiger partial charge in [-0.3, -0.25) is 9.59 Å². The lowest BCUT2D eigenvalue weighted by molar-refractivity contribution is -0.118. The first-order valence-electron chi connectivity index (χ1n) is 8.80. The van der Waals surface area contributed by atoms with Crippen LogP contribution in [0.4, 0.5) is 0 Å². The van der Waals surface area contributed by atoms with Crippen molar-refractivity contribution in [2.75, 3.05) is 13.2 Å². The van der Waals surface area contributed by atoms with Gasteiger partial charge >= 0.3 is 0 Å². The Morgan fingerprint density at radius 2 is 1.81 bits per heavy atom. The third kappa shape index (κ3) is 6.24. The molecular weight excluding hydrogens is 328 g/mol. The lowest BCUT2D eigenvalue weighted by atomic mass is 10.1. The smallest absolute Gasteiger partial charge is 0.254 e.